The Bertz CT molecular complexity index is 596. The molecule has 0 aromatic heterocycles. The van der Waals surface area contributed by atoms with Crippen LogP contribution in [-0.4, -0.2) is 5.91 Å². The van der Waals surface area contributed by atoms with Crippen LogP contribution in [0.5, 0.6) is 0 Å². The van der Waals surface area contributed by atoms with Gasteiger partial charge < -0.3 is 5.73 Å². The van der Waals surface area contributed by atoms with Crippen LogP contribution >= 0.6 is 0 Å². The van der Waals surface area contributed by atoms with Gasteiger partial charge in [-0.05, 0) is 0 Å². The molecule has 1 aromatic carbocycles. The molecule has 0 saturated heterocycles. The molecular formula is C10H4F7NO. The molecule has 9 heteroatoms. The van der Waals surface area contributed by atoms with Gasteiger partial charge >= 0.3 is 11.8 Å². The number of benzene rings is 1. The quantitative estimate of drug-likeness (QED) is 0.658. The SMILES string of the molecule is NC(=O)Cc1c(F)c(F)c2c(c1F)C(F)(F)C2(F)F. The number of alkyl halides is 4. The van der Waals surface area contributed by atoms with E-state index in [-0.39, 0.29) is 0 Å². The molecule has 2 nitrogen and oxygen atoms in total. The van der Waals surface area contributed by atoms with Gasteiger partial charge in [0.15, 0.2) is 11.6 Å². The standard InChI is InChI=1S/C10H4F7NO/c11-6-2(1-3(18)19)7(12)8(13)5-4(6)9(14,15)10(5,16)17/h1H2,(H2,18,19). The van der Waals surface area contributed by atoms with E-state index in [2.05, 4.69) is 5.73 Å². The maximum Gasteiger partial charge on any atom is 0.343 e. The average molecular weight is 287 g/mol. The van der Waals surface area contributed by atoms with Crippen LogP contribution in [-0.2, 0) is 23.1 Å². The molecular weight excluding hydrogens is 283 g/mol. The highest BCUT2D eigenvalue weighted by atomic mass is 19.3. The number of rotatable bonds is 2. The Kier molecular flexibility index (Phi) is 2.59. The summed E-state index contributed by atoms with van der Waals surface area (Å²) in [5, 5.41) is 0. The summed E-state index contributed by atoms with van der Waals surface area (Å²) in [5.41, 5.74) is -0.745. The van der Waals surface area contributed by atoms with Gasteiger partial charge in [0.05, 0.1) is 17.5 Å². The van der Waals surface area contributed by atoms with E-state index in [1.165, 1.54) is 0 Å². The summed E-state index contributed by atoms with van der Waals surface area (Å²) in [6, 6.07) is 0. The first-order valence-corrected chi connectivity index (χ1v) is 4.77. The zero-order valence-corrected chi connectivity index (χ0v) is 8.84. The smallest absolute Gasteiger partial charge is 0.343 e. The molecule has 1 aliphatic rings. The van der Waals surface area contributed by atoms with Crippen LogP contribution in [0.3, 0.4) is 0 Å². The molecule has 0 unspecified atom stereocenters. The van der Waals surface area contributed by atoms with Crippen LogP contribution in [0.4, 0.5) is 30.7 Å². The van der Waals surface area contributed by atoms with Gasteiger partial charge in [-0.3, -0.25) is 4.79 Å². The van der Waals surface area contributed by atoms with Crippen LogP contribution in [0.15, 0.2) is 0 Å². The van der Waals surface area contributed by atoms with Crippen LogP contribution in [0, 0.1) is 17.5 Å². The lowest BCUT2D eigenvalue weighted by Crippen LogP contribution is -2.49. The normalized spacial score (nSPS) is 18.7. The maximum absolute atomic E-state index is 13.5. The largest absolute Gasteiger partial charge is 0.369 e. The zero-order chi connectivity index (χ0) is 14.7. The molecule has 0 spiro atoms. The van der Waals surface area contributed by atoms with Crippen molar-refractivity contribution in [2.24, 2.45) is 5.73 Å². The maximum atomic E-state index is 13.5. The summed E-state index contributed by atoms with van der Waals surface area (Å²) in [6.07, 6.45) is -1.22. The van der Waals surface area contributed by atoms with E-state index < -0.39 is 58.3 Å². The summed E-state index contributed by atoms with van der Waals surface area (Å²) in [4.78, 5) is 10.5. The molecule has 1 aromatic rings. The number of fused-ring (bicyclic) bond motifs is 1. The first-order chi connectivity index (χ1) is 8.53. The first-order valence-electron chi connectivity index (χ1n) is 4.77. The van der Waals surface area contributed by atoms with Gasteiger partial charge in [-0.15, -0.1) is 0 Å². The number of amides is 1. The highest BCUT2D eigenvalue weighted by Crippen LogP contribution is 2.62. The minimum atomic E-state index is -5.00. The number of primary amides is 1. The molecule has 1 aliphatic carbocycles. The summed E-state index contributed by atoms with van der Waals surface area (Å²) in [6.45, 7) is 0. The van der Waals surface area contributed by atoms with E-state index in [1.807, 2.05) is 0 Å². The van der Waals surface area contributed by atoms with Crippen molar-refractivity contribution in [1.29, 1.82) is 0 Å². The molecule has 104 valence electrons. The van der Waals surface area contributed by atoms with Gasteiger partial charge in [-0.2, -0.15) is 17.6 Å². The van der Waals surface area contributed by atoms with E-state index in [0.717, 1.165) is 0 Å². The monoisotopic (exact) mass is 287 g/mol. The predicted molar refractivity (Wildman–Crippen MR) is 47.0 cm³/mol. The molecule has 0 fully saturated rings. The lowest BCUT2D eigenvalue weighted by Gasteiger charge is -2.39. The second-order valence-electron chi connectivity index (χ2n) is 3.96. The number of hydrogen-bond donors (Lipinski definition) is 1. The number of hydrogen-bond acceptors (Lipinski definition) is 1. The predicted octanol–water partition coefficient (Wildman–Crippen LogP) is 2.33. The fraction of sp³-hybridized carbons (Fsp3) is 0.300. The first kappa shape index (κ1) is 13.6. The summed E-state index contributed by atoms with van der Waals surface area (Å²) in [7, 11) is 0. The number of nitrogens with two attached hydrogens (primary N) is 1. The summed E-state index contributed by atoms with van der Waals surface area (Å²) in [5.74, 6) is -17.8. The van der Waals surface area contributed by atoms with Crippen LogP contribution < -0.4 is 5.73 Å². The van der Waals surface area contributed by atoms with Crippen molar-refractivity contribution in [2.45, 2.75) is 18.3 Å². The van der Waals surface area contributed by atoms with Crippen molar-refractivity contribution in [1.82, 2.24) is 0 Å². The fourth-order valence-corrected chi connectivity index (χ4v) is 1.88. The minimum Gasteiger partial charge on any atom is -0.369 e. The molecule has 0 aliphatic heterocycles. The molecule has 0 radical (unpaired) electrons. The number of halogens is 7. The lowest BCUT2D eigenvalue weighted by atomic mass is 9.77. The molecule has 19 heavy (non-hydrogen) atoms. The lowest BCUT2D eigenvalue weighted by molar-refractivity contribution is -0.258. The van der Waals surface area contributed by atoms with Gasteiger partial charge in [0.2, 0.25) is 5.91 Å². The second-order valence-corrected chi connectivity index (χ2v) is 3.96. The second kappa shape index (κ2) is 3.61. The topological polar surface area (TPSA) is 43.1 Å². The minimum absolute atomic E-state index is 1.22. The van der Waals surface area contributed by atoms with Crippen molar-refractivity contribution in [3.63, 3.8) is 0 Å². The zero-order valence-electron chi connectivity index (χ0n) is 8.84. The van der Waals surface area contributed by atoms with Crippen LogP contribution in [0.2, 0.25) is 0 Å². The Hall–Kier alpha value is -1.80. The average Bonchev–Trinajstić information content (AvgIpc) is 2.27. The molecule has 0 saturated carbocycles. The van der Waals surface area contributed by atoms with Gasteiger partial charge in [-0.1, -0.05) is 0 Å². The molecule has 0 bridgehead atoms. The van der Waals surface area contributed by atoms with Gasteiger partial charge in [-0.25, -0.2) is 13.2 Å². The van der Waals surface area contributed by atoms with E-state index in [0.29, 0.717) is 0 Å². The molecule has 0 heterocycles. The van der Waals surface area contributed by atoms with Crippen LogP contribution in [0.25, 0.3) is 0 Å². The molecule has 1 amide bonds. The Labute approximate surface area is 101 Å². The Morgan fingerprint density at radius 3 is 1.74 bits per heavy atom. The van der Waals surface area contributed by atoms with Crippen LogP contribution in [0.1, 0.15) is 16.7 Å². The molecule has 0 atom stereocenters. The van der Waals surface area contributed by atoms with Crippen molar-refractivity contribution < 1.29 is 35.5 Å². The third-order valence-electron chi connectivity index (χ3n) is 2.78. The van der Waals surface area contributed by atoms with E-state index in [4.69, 9.17) is 0 Å². The van der Waals surface area contributed by atoms with Crippen molar-refractivity contribution in [3.8, 4) is 0 Å². The third-order valence-corrected chi connectivity index (χ3v) is 2.78. The number of carbonyl (C=O) groups excluding carboxylic acids is 1. The molecule has 2 N–H and O–H groups in total. The summed E-state index contributed by atoms with van der Waals surface area (Å²) >= 11 is 0. The Balaban J connectivity index is 2.78. The van der Waals surface area contributed by atoms with Gasteiger partial charge in [0.25, 0.3) is 0 Å². The Morgan fingerprint density at radius 2 is 1.32 bits per heavy atom. The third kappa shape index (κ3) is 1.47. The van der Waals surface area contributed by atoms with Crippen molar-refractivity contribution >= 4 is 5.91 Å². The van der Waals surface area contributed by atoms with Gasteiger partial charge in [0.1, 0.15) is 5.82 Å². The van der Waals surface area contributed by atoms with Crippen molar-refractivity contribution in [3.05, 3.63) is 34.1 Å². The Morgan fingerprint density at radius 1 is 0.895 bits per heavy atom. The fourth-order valence-electron chi connectivity index (χ4n) is 1.88. The van der Waals surface area contributed by atoms with E-state index in [1.54, 1.807) is 0 Å². The van der Waals surface area contributed by atoms with E-state index >= 15 is 0 Å². The molecule has 2 rings (SSSR count). The van der Waals surface area contributed by atoms with E-state index in [9.17, 15) is 35.5 Å². The van der Waals surface area contributed by atoms with Gasteiger partial charge in [0, 0.05) is 5.56 Å². The highest BCUT2D eigenvalue weighted by molar-refractivity contribution is 5.77. The number of carbonyl (C=O) groups is 1. The van der Waals surface area contributed by atoms with Crippen molar-refractivity contribution in [2.75, 3.05) is 0 Å². The summed E-state index contributed by atoms with van der Waals surface area (Å²) < 4.78 is 91.9. The highest BCUT2D eigenvalue weighted by Gasteiger charge is 2.73.